The van der Waals surface area contributed by atoms with Gasteiger partial charge in [-0.15, -0.1) is 0 Å². The molecule has 2 aromatic rings. The summed E-state index contributed by atoms with van der Waals surface area (Å²) in [6, 6.07) is 10.6. The molecule has 0 fully saturated rings. The fourth-order valence-corrected chi connectivity index (χ4v) is 2.36. The van der Waals surface area contributed by atoms with E-state index in [4.69, 9.17) is 9.72 Å². The van der Waals surface area contributed by atoms with Crippen molar-refractivity contribution in [3.8, 4) is 0 Å². The summed E-state index contributed by atoms with van der Waals surface area (Å²) in [4.78, 5) is 4.80. The second-order valence-corrected chi connectivity index (χ2v) is 5.05. The van der Waals surface area contributed by atoms with Crippen molar-refractivity contribution in [2.45, 2.75) is 33.2 Å². The standard InChI is InChI=1S/C17H24N2O/c1-4-10-18-17(12-20-5-2)16-11-13(3)14-8-6-7-9-15(14)19-16/h6-9,11,17-18H,4-5,10,12H2,1-3H3. The Hall–Kier alpha value is -1.45. The van der Waals surface area contributed by atoms with Gasteiger partial charge in [0.05, 0.1) is 23.9 Å². The fraction of sp³-hybridized carbons (Fsp3) is 0.471. The van der Waals surface area contributed by atoms with Gasteiger partial charge in [0.15, 0.2) is 0 Å². The van der Waals surface area contributed by atoms with E-state index in [-0.39, 0.29) is 6.04 Å². The Kier molecular flexibility index (Phi) is 5.50. The van der Waals surface area contributed by atoms with Crippen molar-refractivity contribution in [3.05, 3.63) is 41.6 Å². The summed E-state index contributed by atoms with van der Waals surface area (Å²) in [6.45, 7) is 8.72. The molecule has 0 bridgehead atoms. The van der Waals surface area contributed by atoms with Crippen molar-refractivity contribution in [1.29, 1.82) is 0 Å². The molecule has 1 unspecified atom stereocenters. The van der Waals surface area contributed by atoms with E-state index in [2.05, 4.69) is 43.4 Å². The van der Waals surface area contributed by atoms with E-state index in [9.17, 15) is 0 Å². The largest absolute Gasteiger partial charge is 0.380 e. The lowest BCUT2D eigenvalue weighted by molar-refractivity contribution is 0.122. The van der Waals surface area contributed by atoms with Crippen molar-refractivity contribution < 1.29 is 4.74 Å². The molecule has 0 aliphatic rings. The highest BCUT2D eigenvalue weighted by atomic mass is 16.5. The number of fused-ring (bicyclic) bond motifs is 1. The molecule has 2 rings (SSSR count). The van der Waals surface area contributed by atoms with E-state index < -0.39 is 0 Å². The fourth-order valence-electron chi connectivity index (χ4n) is 2.36. The molecule has 1 N–H and O–H groups in total. The number of rotatable bonds is 7. The Morgan fingerprint density at radius 2 is 2.05 bits per heavy atom. The highest BCUT2D eigenvalue weighted by Gasteiger charge is 2.14. The van der Waals surface area contributed by atoms with Crippen LogP contribution in [0.5, 0.6) is 0 Å². The SMILES string of the molecule is CCCNC(COCC)c1cc(C)c2ccccc2n1. The Labute approximate surface area is 121 Å². The molecular weight excluding hydrogens is 248 g/mol. The minimum atomic E-state index is 0.165. The van der Waals surface area contributed by atoms with Gasteiger partial charge in [0.25, 0.3) is 0 Å². The molecule has 0 saturated carbocycles. The van der Waals surface area contributed by atoms with Crippen LogP contribution in [0.25, 0.3) is 10.9 Å². The monoisotopic (exact) mass is 272 g/mol. The molecule has 3 nitrogen and oxygen atoms in total. The number of nitrogens with zero attached hydrogens (tertiary/aromatic N) is 1. The summed E-state index contributed by atoms with van der Waals surface area (Å²) in [5.74, 6) is 0. The van der Waals surface area contributed by atoms with Gasteiger partial charge < -0.3 is 10.1 Å². The van der Waals surface area contributed by atoms with Gasteiger partial charge in [-0.3, -0.25) is 4.98 Å². The van der Waals surface area contributed by atoms with Crippen molar-refractivity contribution in [1.82, 2.24) is 10.3 Å². The molecule has 1 aromatic heterocycles. The van der Waals surface area contributed by atoms with Crippen molar-refractivity contribution in [2.24, 2.45) is 0 Å². The molecule has 1 heterocycles. The molecule has 0 saturated heterocycles. The van der Waals surface area contributed by atoms with E-state index >= 15 is 0 Å². The normalized spacial score (nSPS) is 12.8. The number of hydrogen-bond acceptors (Lipinski definition) is 3. The van der Waals surface area contributed by atoms with Gasteiger partial charge in [0.2, 0.25) is 0 Å². The molecule has 0 amide bonds. The molecule has 0 radical (unpaired) electrons. The van der Waals surface area contributed by atoms with Crippen LogP contribution in [-0.4, -0.2) is 24.7 Å². The van der Waals surface area contributed by atoms with E-state index in [0.717, 1.165) is 30.8 Å². The molecule has 20 heavy (non-hydrogen) atoms. The number of benzene rings is 1. The number of para-hydroxylation sites is 1. The van der Waals surface area contributed by atoms with Crippen molar-refractivity contribution in [2.75, 3.05) is 19.8 Å². The van der Waals surface area contributed by atoms with E-state index in [1.807, 2.05) is 13.0 Å². The molecule has 0 spiro atoms. The molecule has 0 aliphatic heterocycles. The van der Waals surface area contributed by atoms with Crippen LogP contribution < -0.4 is 5.32 Å². The van der Waals surface area contributed by atoms with Crippen LogP contribution in [-0.2, 0) is 4.74 Å². The summed E-state index contributed by atoms with van der Waals surface area (Å²) in [7, 11) is 0. The van der Waals surface area contributed by atoms with Crippen molar-refractivity contribution >= 4 is 10.9 Å². The third-order valence-electron chi connectivity index (χ3n) is 3.43. The maximum atomic E-state index is 5.60. The third kappa shape index (κ3) is 3.56. The van der Waals surface area contributed by atoms with Crippen LogP contribution in [0.4, 0.5) is 0 Å². The predicted octanol–water partition coefficient (Wildman–Crippen LogP) is 3.62. The van der Waals surface area contributed by atoms with Crippen LogP contribution >= 0.6 is 0 Å². The zero-order valence-electron chi connectivity index (χ0n) is 12.6. The van der Waals surface area contributed by atoms with Crippen LogP contribution in [0.2, 0.25) is 0 Å². The summed E-state index contributed by atoms with van der Waals surface area (Å²) in [5.41, 5.74) is 3.40. The first-order valence-corrected chi connectivity index (χ1v) is 7.43. The topological polar surface area (TPSA) is 34.1 Å². The number of aryl methyl sites for hydroxylation is 1. The Balaban J connectivity index is 2.31. The Morgan fingerprint density at radius 3 is 2.80 bits per heavy atom. The lowest BCUT2D eigenvalue weighted by Gasteiger charge is -2.19. The molecule has 1 aromatic carbocycles. The summed E-state index contributed by atoms with van der Waals surface area (Å²) >= 11 is 0. The number of nitrogens with one attached hydrogen (secondary N) is 1. The Morgan fingerprint density at radius 1 is 1.25 bits per heavy atom. The number of hydrogen-bond donors (Lipinski definition) is 1. The average molecular weight is 272 g/mol. The Bertz CT molecular complexity index is 546. The molecule has 108 valence electrons. The second-order valence-electron chi connectivity index (χ2n) is 5.05. The first kappa shape index (κ1) is 14.9. The van der Waals surface area contributed by atoms with Gasteiger partial charge in [-0.1, -0.05) is 25.1 Å². The van der Waals surface area contributed by atoms with Gasteiger partial charge >= 0.3 is 0 Å². The molecular formula is C17H24N2O. The average Bonchev–Trinajstić information content (AvgIpc) is 2.47. The zero-order valence-corrected chi connectivity index (χ0v) is 12.6. The highest BCUT2D eigenvalue weighted by molar-refractivity contribution is 5.82. The number of aromatic nitrogens is 1. The maximum absolute atomic E-state index is 5.60. The maximum Gasteiger partial charge on any atom is 0.0733 e. The predicted molar refractivity (Wildman–Crippen MR) is 84.0 cm³/mol. The van der Waals surface area contributed by atoms with Crippen LogP contribution in [0.15, 0.2) is 30.3 Å². The zero-order chi connectivity index (χ0) is 14.4. The summed E-state index contributed by atoms with van der Waals surface area (Å²) in [5, 5.41) is 4.75. The molecule has 0 aliphatic carbocycles. The van der Waals surface area contributed by atoms with E-state index in [1.54, 1.807) is 0 Å². The quantitative estimate of drug-likeness (QED) is 0.836. The van der Waals surface area contributed by atoms with Gasteiger partial charge in [0.1, 0.15) is 0 Å². The molecule has 1 atom stereocenters. The van der Waals surface area contributed by atoms with Gasteiger partial charge in [-0.05, 0) is 44.5 Å². The number of pyridine rings is 1. The summed E-state index contributed by atoms with van der Waals surface area (Å²) in [6.07, 6.45) is 1.11. The smallest absolute Gasteiger partial charge is 0.0733 e. The lowest BCUT2D eigenvalue weighted by atomic mass is 10.1. The minimum absolute atomic E-state index is 0.165. The van der Waals surface area contributed by atoms with Crippen molar-refractivity contribution in [3.63, 3.8) is 0 Å². The van der Waals surface area contributed by atoms with Gasteiger partial charge in [-0.2, -0.15) is 0 Å². The summed E-state index contributed by atoms with van der Waals surface area (Å²) < 4.78 is 5.60. The minimum Gasteiger partial charge on any atom is -0.380 e. The van der Waals surface area contributed by atoms with E-state index in [1.165, 1.54) is 10.9 Å². The van der Waals surface area contributed by atoms with Crippen LogP contribution in [0.1, 0.15) is 37.6 Å². The molecule has 3 heteroatoms. The number of ether oxygens (including phenoxy) is 1. The third-order valence-corrected chi connectivity index (χ3v) is 3.43. The van der Waals surface area contributed by atoms with E-state index in [0.29, 0.717) is 6.61 Å². The first-order chi connectivity index (χ1) is 9.76. The second kappa shape index (κ2) is 7.36. The van der Waals surface area contributed by atoms with Crippen LogP contribution in [0.3, 0.4) is 0 Å². The van der Waals surface area contributed by atoms with Gasteiger partial charge in [-0.25, -0.2) is 0 Å². The first-order valence-electron chi connectivity index (χ1n) is 7.43. The van der Waals surface area contributed by atoms with Crippen LogP contribution in [0, 0.1) is 6.92 Å². The highest BCUT2D eigenvalue weighted by Crippen LogP contribution is 2.21. The van der Waals surface area contributed by atoms with Gasteiger partial charge in [0, 0.05) is 12.0 Å². The lowest BCUT2D eigenvalue weighted by Crippen LogP contribution is -2.27.